The average Bonchev–Trinajstić information content (AvgIpc) is 3.56. The molecule has 4 aromatic rings. The average molecular weight is 752 g/mol. The van der Waals surface area contributed by atoms with Crippen LogP contribution < -0.4 is 19.5 Å². The van der Waals surface area contributed by atoms with E-state index in [1.807, 2.05) is 42.2 Å². The molecule has 3 aromatic carbocycles. The highest BCUT2D eigenvalue weighted by Crippen LogP contribution is 2.39. The Hall–Kier alpha value is -3.96. The lowest BCUT2D eigenvalue weighted by atomic mass is 9.96. The van der Waals surface area contributed by atoms with Gasteiger partial charge in [-0.15, -0.1) is 0 Å². The van der Waals surface area contributed by atoms with Gasteiger partial charge in [0.2, 0.25) is 0 Å². The lowest BCUT2D eigenvalue weighted by Crippen LogP contribution is -2.48. The van der Waals surface area contributed by atoms with Gasteiger partial charge in [-0.2, -0.15) is 5.26 Å². The number of nitrogens with zero attached hydrogens (tertiary/aromatic N) is 3. The fourth-order valence-electron chi connectivity index (χ4n) is 5.85. The zero-order valence-corrected chi connectivity index (χ0v) is 30.7. The normalized spacial score (nSPS) is 15.3. The number of aliphatic hydroxyl groups excluding tert-OH is 4. The fourth-order valence-corrected chi connectivity index (χ4v) is 6.37. The van der Waals surface area contributed by atoms with Gasteiger partial charge < -0.3 is 40.0 Å². The number of hydrogen-bond donors (Lipinski definition) is 5. The molecule has 276 valence electrons. The number of nitriles is 1. The molecule has 1 aliphatic rings. The third-order valence-electron chi connectivity index (χ3n) is 9.07. The second-order valence-corrected chi connectivity index (χ2v) is 14.1. The summed E-state index contributed by atoms with van der Waals surface area (Å²) < 4.78 is 18.4. The van der Waals surface area contributed by atoms with Gasteiger partial charge >= 0.3 is 0 Å². The standard InChI is InChI=1S/C39H44Cl2N4O7/c1-25-28(5-3-6-32(25)33-7-4-8-35(38(33)41)52-22-31(49)19-45-10-9-30(48)18-45)21-51-37-13-36(50-20-27-11-26(14-42)15-43-16-27)29(12-34(37)40)17-44-39(2,23-46)24-47/h3-8,11-13,15-16,30-31,44,46-49H,9-10,17-24H2,1-2H3/t30-,31?/m1/s1. The number of pyridine rings is 1. The highest BCUT2D eigenvalue weighted by atomic mass is 35.5. The molecule has 1 aliphatic heterocycles. The van der Waals surface area contributed by atoms with Crippen molar-refractivity contribution in [2.45, 2.75) is 57.8 Å². The van der Waals surface area contributed by atoms with Crippen molar-refractivity contribution in [1.29, 1.82) is 5.26 Å². The van der Waals surface area contributed by atoms with E-state index >= 15 is 0 Å². The molecule has 1 saturated heterocycles. The van der Waals surface area contributed by atoms with Crippen molar-refractivity contribution < 1.29 is 34.6 Å². The molecule has 0 saturated carbocycles. The number of rotatable bonds is 17. The lowest BCUT2D eigenvalue weighted by molar-refractivity contribution is 0.0708. The van der Waals surface area contributed by atoms with Crippen LogP contribution in [-0.4, -0.2) is 87.5 Å². The molecule has 13 heteroatoms. The van der Waals surface area contributed by atoms with E-state index in [1.54, 1.807) is 37.4 Å². The second-order valence-electron chi connectivity index (χ2n) is 13.3. The van der Waals surface area contributed by atoms with Crippen molar-refractivity contribution in [1.82, 2.24) is 15.2 Å². The summed E-state index contributed by atoms with van der Waals surface area (Å²) in [6, 6.07) is 18.6. The number of likely N-dealkylation sites (tertiary alicyclic amines) is 1. The van der Waals surface area contributed by atoms with Crippen LogP contribution in [0.25, 0.3) is 11.1 Å². The summed E-state index contributed by atoms with van der Waals surface area (Å²) in [5.74, 6) is 1.31. The van der Waals surface area contributed by atoms with Crippen LogP contribution in [0.2, 0.25) is 10.0 Å². The van der Waals surface area contributed by atoms with Crippen LogP contribution in [0.4, 0.5) is 0 Å². The minimum Gasteiger partial charge on any atom is -0.489 e. The Morgan fingerprint density at radius 1 is 0.981 bits per heavy atom. The molecule has 0 bridgehead atoms. The van der Waals surface area contributed by atoms with Crippen LogP contribution in [0, 0.1) is 18.3 Å². The quantitative estimate of drug-likeness (QED) is 0.0985. The number of β-amino-alcohol motifs (C(OH)–C–C–N with tert-alkyl or cyclic N) is 2. The summed E-state index contributed by atoms with van der Waals surface area (Å²) in [5.41, 5.74) is 4.36. The van der Waals surface area contributed by atoms with Crippen molar-refractivity contribution in [3.05, 3.63) is 105 Å². The largest absolute Gasteiger partial charge is 0.489 e. The molecule has 11 nitrogen and oxygen atoms in total. The molecule has 0 amide bonds. The Morgan fingerprint density at radius 3 is 2.46 bits per heavy atom. The summed E-state index contributed by atoms with van der Waals surface area (Å²) in [6.07, 6.45) is 2.71. The van der Waals surface area contributed by atoms with Crippen LogP contribution in [0.5, 0.6) is 17.2 Å². The highest BCUT2D eigenvalue weighted by Gasteiger charge is 2.24. The third kappa shape index (κ3) is 10.1. The van der Waals surface area contributed by atoms with Gasteiger partial charge in [-0.3, -0.25) is 9.88 Å². The Labute approximate surface area is 313 Å². The van der Waals surface area contributed by atoms with E-state index in [-0.39, 0.29) is 45.7 Å². The topological polar surface area (TPSA) is 161 Å². The van der Waals surface area contributed by atoms with Gasteiger partial charge in [0.1, 0.15) is 49.2 Å². The van der Waals surface area contributed by atoms with Gasteiger partial charge in [-0.25, -0.2) is 0 Å². The summed E-state index contributed by atoms with van der Waals surface area (Å²) in [6.45, 7) is 5.43. The predicted octanol–water partition coefficient (Wildman–Crippen LogP) is 5.03. The van der Waals surface area contributed by atoms with Gasteiger partial charge in [-0.1, -0.05) is 53.5 Å². The minimum absolute atomic E-state index is 0.0648. The van der Waals surface area contributed by atoms with Gasteiger partial charge in [0.05, 0.1) is 40.5 Å². The first-order chi connectivity index (χ1) is 25.0. The molecular formula is C39H44Cl2N4O7. The molecule has 0 aliphatic carbocycles. The Kier molecular flexibility index (Phi) is 13.7. The summed E-state index contributed by atoms with van der Waals surface area (Å²) in [4.78, 5) is 6.12. The number of benzene rings is 3. The number of hydrogen-bond acceptors (Lipinski definition) is 11. The molecule has 5 rings (SSSR count). The molecule has 2 atom stereocenters. The number of aromatic nitrogens is 1. The summed E-state index contributed by atoms with van der Waals surface area (Å²) in [5, 5.41) is 53.1. The second kappa shape index (κ2) is 18.2. The van der Waals surface area contributed by atoms with E-state index in [9.17, 15) is 25.7 Å². The minimum atomic E-state index is -0.930. The monoisotopic (exact) mass is 750 g/mol. The van der Waals surface area contributed by atoms with E-state index in [4.69, 9.17) is 37.4 Å². The summed E-state index contributed by atoms with van der Waals surface area (Å²) in [7, 11) is 0. The van der Waals surface area contributed by atoms with E-state index in [1.165, 1.54) is 6.20 Å². The maximum Gasteiger partial charge on any atom is 0.142 e. The number of halogens is 2. The molecule has 1 aromatic heterocycles. The Balaban J connectivity index is 1.32. The van der Waals surface area contributed by atoms with Crippen LogP contribution in [0.1, 0.15) is 41.2 Å². The van der Waals surface area contributed by atoms with Crippen LogP contribution in [0.3, 0.4) is 0 Å². The molecule has 52 heavy (non-hydrogen) atoms. The van der Waals surface area contributed by atoms with Crippen molar-refractivity contribution >= 4 is 23.2 Å². The lowest BCUT2D eigenvalue weighted by Gasteiger charge is -2.27. The zero-order valence-electron chi connectivity index (χ0n) is 29.2. The molecule has 5 N–H and O–H groups in total. The van der Waals surface area contributed by atoms with Gasteiger partial charge in [0.25, 0.3) is 0 Å². The fraction of sp³-hybridized carbons (Fsp3) is 0.385. The molecular weight excluding hydrogens is 707 g/mol. The first kappa shape index (κ1) is 39.3. The Morgan fingerprint density at radius 2 is 1.73 bits per heavy atom. The van der Waals surface area contributed by atoms with Crippen LogP contribution in [0.15, 0.2) is 67.0 Å². The smallest absolute Gasteiger partial charge is 0.142 e. The van der Waals surface area contributed by atoms with Crippen molar-refractivity contribution in [2.75, 3.05) is 39.5 Å². The van der Waals surface area contributed by atoms with Gasteiger partial charge in [0, 0.05) is 61.3 Å². The third-order valence-corrected chi connectivity index (χ3v) is 9.75. The van der Waals surface area contributed by atoms with E-state index in [0.29, 0.717) is 63.5 Å². The van der Waals surface area contributed by atoms with Crippen LogP contribution in [-0.2, 0) is 19.8 Å². The first-order valence-electron chi connectivity index (χ1n) is 17.0. The maximum atomic E-state index is 10.5. The molecule has 1 unspecified atom stereocenters. The van der Waals surface area contributed by atoms with Gasteiger partial charge in [0.15, 0.2) is 0 Å². The van der Waals surface area contributed by atoms with Crippen LogP contribution >= 0.6 is 23.2 Å². The number of aliphatic hydroxyl groups is 4. The maximum absolute atomic E-state index is 10.5. The molecule has 0 spiro atoms. The van der Waals surface area contributed by atoms with Crippen molar-refractivity contribution in [3.63, 3.8) is 0 Å². The number of ether oxygens (including phenoxy) is 3. The van der Waals surface area contributed by atoms with E-state index in [0.717, 1.165) is 28.8 Å². The molecule has 0 radical (unpaired) electrons. The first-order valence-corrected chi connectivity index (χ1v) is 17.8. The molecule has 1 fully saturated rings. The van der Waals surface area contributed by atoms with Crippen molar-refractivity contribution in [2.24, 2.45) is 0 Å². The predicted molar refractivity (Wildman–Crippen MR) is 199 cm³/mol. The molecule has 2 heterocycles. The zero-order chi connectivity index (χ0) is 37.3. The highest BCUT2D eigenvalue weighted by molar-refractivity contribution is 6.35. The summed E-state index contributed by atoms with van der Waals surface area (Å²) >= 11 is 13.6. The SMILES string of the molecule is Cc1c(COc2cc(OCc3cncc(C#N)c3)c(CNC(C)(CO)CO)cc2Cl)cccc1-c1cccc(OCC(O)CN2CC[C@@H](O)C2)c1Cl. The number of nitrogens with one attached hydrogen (secondary N) is 1. The van der Waals surface area contributed by atoms with E-state index in [2.05, 4.69) is 16.4 Å². The van der Waals surface area contributed by atoms with Crippen molar-refractivity contribution in [3.8, 4) is 34.4 Å². The van der Waals surface area contributed by atoms with Gasteiger partial charge in [-0.05, 0) is 55.2 Å². The van der Waals surface area contributed by atoms with E-state index < -0.39 is 11.6 Å². The Bertz CT molecular complexity index is 1870.